The van der Waals surface area contributed by atoms with Crippen molar-refractivity contribution in [3.05, 3.63) is 47.8 Å². The van der Waals surface area contributed by atoms with Gasteiger partial charge < -0.3 is 15.2 Å². The van der Waals surface area contributed by atoms with E-state index in [1.165, 1.54) is 33.5 Å². The van der Waals surface area contributed by atoms with E-state index in [0.29, 0.717) is 30.4 Å². The van der Waals surface area contributed by atoms with Gasteiger partial charge in [0.15, 0.2) is 0 Å². The molecule has 4 rings (SSSR count). The molecule has 1 saturated heterocycles. The van der Waals surface area contributed by atoms with Gasteiger partial charge in [-0.25, -0.2) is 32.7 Å². The number of alkyl halides is 3. The van der Waals surface area contributed by atoms with Gasteiger partial charge in [0.25, 0.3) is 5.91 Å². The van der Waals surface area contributed by atoms with Gasteiger partial charge in [0, 0.05) is 31.5 Å². The molecule has 0 spiro atoms. The zero-order chi connectivity index (χ0) is 29.5. The molecule has 0 saturated carbocycles. The van der Waals surface area contributed by atoms with Crippen LogP contribution < -0.4 is 10.6 Å². The van der Waals surface area contributed by atoms with Gasteiger partial charge in [0.1, 0.15) is 29.0 Å². The fraction of sp³-hybridized carbons (Fsp3) is 0.409. The van der Waals surface area contributed by atoms with Crippen LogP contribution in [0.3, 0.4) is 0 Å². The molecule has 0 bridgehead atoms. The topological polar surface area (TPSA) is 135 Å². The van der Waals surface area contributed by atoms with Crippen LogP contribution in [0.5, 0.6) is 0 Å². The first-order chi connectivity index (χ1) is 18.5. The number of halogens is 3. The quantitative estimate of drug-likeness (QED) is 0.399. The molecule has 2 N–H and O–H groups in total. The molecule has 0 aliphatic carbocycles. The first-order valence-electron chi connectivity index (χ1n) is 11.9. The molecule has 4 heterocycles. The van der Waals surface area contributed by atoms with E-state index in [2.05, 4.69) is 30.6 Å². The normalized spacial score (nSPS) is 15.6. The molecular formula is C22H22B3F3N8O3S. The number of hydrogen-bond acceptors (Lipinski definition) is 8. The van der Waals surface area contributed by atoms with Crippen molar-refractivity contribution in [1.29, 1.82) is 0 Å². The summed E-state index contributed by atoms with van der Waals surface area (Å²) in [6, 6.07) is 2.66. The van der Waals surface area contributed by atoms with Crippen LogP contribution in [0.1, 0.15) is 34.6 Å². The fourth-order valence-corrected chi connectivity index (χ4v) is 5.03. The first-order valence-corrected chi connectivity index (χ1v) is 13.7. The molecule has 0 atom stereocenters. The van der Waals surface area contributed by atoms with Crippen LogP contribution in [-0.2, 0) is 16.2 Å². The summed E-state index contributed by atoms with van der Waals surface area (Å²) < 4.78 is 67.8. The van der Waals surface area contributed by atoms with Crippen LogP contribution in [0.2, 0.25) is 0 Å². The van der Waals surface area contributed by atoms with Crippen LogP contribution >= 0.6 is 0 Å². The van der Waals surface area contributed by atoms with Crippen molar-refractivity contribution in [3.8, 4) is 17.1 Å². The Balaban J connectivity index is 1.59. The Bertz CT molecular complexity index is 1520. The number of sulfonamides is 1. The maximum atomic E-state index is 13.8. The number of amides is 1. The van der Waals surface area contributed by atoms with Crippen molar-refractivity contribution in [1.82, 2.24) is 34.1 Å². The lowest BCUT2D eigenvalue weighted by molar-refractivity contribution is -0.137. The molecule has 40 heavy (non-hydrogen) atoms. The molecule has 0 aromatic carbocycles. The smallest absolute Gasteiger partial charge is 0.371 e. The Morgan fingerprint density at radius 1 is 1.10 bits per heavy atom. The molecule has 1 aliphatic rings. The highest BCUT2D eigenvalue weighted by Crippen LogP contribution is 2.36. The van der Waals surface area contributed by atoms with E-state index in [1.807, 2.05) is 0 Å². The van der Waals surface area contributed by atoms with Crippen molar-refractivity contribution in [3.63, 3.8) is 0 Å². The van der Waals surface area contributed by atoms with E-state index in [-0.39, 0.29) is 36.5 Å². The Hall–Kier alpha value is -3.40. The number of aromatic nitrogens is 5. The summed E-state index contributed by atoms with van der Waals surface area (Å²) in [4.78, 5) is 28.5. The summed E-state index contributed by atoms with van der Waals surface area (Å²) >= 11 is 0. The van der Waals surface area contributed by atoms with Crippen molar-refractivity contribution in [2.75, 3.05) is 24.7 Å². The summed E-state index contributed by atoms with van der Waals surface area (Å²) in [5.41, 5.74) is -0.830. The zero-order valence-electron chi connectivity index (χ0n) is 21.5. The van der Waals surface area contributed by atoms with Gasteiger partial charge in [-0.05, 0) is 31.9 Å². The van der Waals surface area contributed by atoms with E-state index < -0.39 is 38.6 Å². The molecule has 0 unspecified atom stereocenters. The highest BCUT2D eigenvalue weighted by molar-refractivity contribution is 7.88. The Morgan fingerprint density at radius 2 is 1.77 bits per heavy atom. The number of nitrogens with zero attached hydrogens (tertiary/aromatic N) is 6. The predicted octanol–water partition coefficient (Wildman–Crippen LogP) is 0.734. The third-order valence-electron chi connectivity index (χ3n) is 6.07. The number of nitrogens with one attached hydrogen (secondary N) is 2. The number of piperidine rings is 1. The van der Waals surface area contributed by atoms with E-state index in [4.69, 9.17) is 23.5 Å². The standard InChI is InChI=1S/C22H22B3F3N8O3S/c1-12-17(4-3-15(31-12)19(37)34-22(23,24)25)35-10-16(30-11-35)18-14(21(26,27)28)9-29-20(33-18)32-13-5-7-36(8-6-13)40(2,38)39/h3-4,9-11,13H,5-8H2,1-2H3,(H,34,37)(H,29,32,33). The summed E-state index contributed by atoms with van der Waals surface area (Å²) in [7, 11) is 12.8. The summed E-state index contributed by atoms with van der Waals surface area (Å²) in [6.07, 6.45) is 0.563. The molecule has 3 aromatic heterocycles. The van der Waals surface area contributed by atoms with Crippen LogP contribution in [0.25, 0.3) is 17.1 Å². The molecule has 204 valence electrons. The SMILES string of the molecule is [B]C([B])([B])NC(=O)c1ccc(-n2cnc(-c3nc(NC4CCN(S(C)(=O)=O)CC4)ncc3C(F)(F)F)c2)c(C)n1. The van der Waals surface area contributed by atoms with Crippen LogP contribution in [-0.4, -0.2) is 97.3 Å². The Morgan fingerprint density at radius 3 is 2.35 bits per heavy atom. The average molecular weight is 568 g/mol. The van der Waals surface area contributed by atoms with Gasteiger partial charge in [-0.1, -0.05) is 5.24 Å². The Labute approximate surface area is 232 Å². The number of pyridine rings is 1. The summed E-state index contributed by atoms with van der Waals surface area (Å²) in [6.45, 7) is 2.14. The van der Waals surface area contributed by atoms with Gasteiger partial charge >= 0.3 is 6.18 Å². The minimum Gasteiger partial charge on any atom is -0.371 e. The molecule has 1 aliphatic heterocycles. The lowest BCUT2D eigenvalue weighted by Gasteiger charge is -2.30. The molecule has 6 radical (unpaired) electrons. The van der Waals surface area contributed by atoms with Gasteiger partial charge in [0.05, 0.1) is 41.2 Å². The summed E-state index contributed by atoms with van der Waals surface area (Å²) in [5.74, 6) is -0.759. The number of carbonyl (C=O) groups excluding carboxylic acids is 1. The molecule has 11 nitrogen and oxygen atoms in total. The van der Waals surface area contributed by atoms with Crippen LogP contribution in [0.15, 0.2) is 30.9 Å². The van der Waals surface area contributed by atoms with Crippen molar-refractivity contribution < 1.29 is 26.4 Å². The molecule has 1 fully saturated rings. The lowest BCUT2D eigenvalue weighted by atomic mass is 9.49. The minimum atomic E-state index is -4.75. The number of hydrogen-bond donors (Lipinski definition) is 2. The number of imidazole rings is 1. The average Bonchev–Trinajstić information content (AvgIpc) is 3.32. The van der Waals surface area contributed by atoms with Gasteiger partial charge in [-0.2, -0.15) is 13.2 Å². The largest absolute Gasteiger partial charge is 0.420 e. The monoisotopic (exact) mass is 568 g/mol. The van der Waals surface area contributed by atoms with E-state index in [1.54, 1.807) is 6.92 Å². The maximum Gasteiger partial charge on any atom is 0.420 e. The number of rotatable bonds is 7. The second kappa shape index (κ2) is 10.9. The predicted molar refractivity (Wildman–Crippen MR) is 143 cm³/mol. The second-order valence-electron chi connectivity index (χ2n) is 9.39. The van der Waals surface area contributed by atoms with Gasteiger partial charge in [-0.3, -0.25) is 4.79 Å². The second-order valence-corrected chi connectivity index (χ2v) is 11.4. The van der Waals surface area contributed by atoms with Crippen LogP contribution in [0.4, 0.5) is 19.1 Å². The highest BCUT2D eigenvalue weighted by Gasteiger charge is 2.36. The fourth-order valence-electron chi connectivity index (χ4n) is 4.16. The third kappa shape index (κ3) is 7.02. The zero-order valence-corrected chi connectivity index (χ0v) is 22.3. The maximum absolute atomic E-state index is 13.8. The highest BCUT2D eigenvalue weighted by atomic mass is 32.2. The van der Waals surface area contributed by atoms with E-state index in [9.17, 15) is 26.4 Å². The molecule has 18 heteroatoms. The Kier molecular flexibility index (Phi) is 8.05. The van der Waals surface area contributed by atoms with Gasteiger partial charge in [-0.15, -0.1) is 0 Å². The molecule has 1 amide bonds. The van der Waals surface area contributed by atoms with Crippen molar-refractivity contribution >= 4 is 45.4 Å². The van der Waals surface area contributed by atoms with E-state index in [0.717, 1.165) is 6.26 Å². The number of aryl methyl sites for hydroxylation is 1. The van der Waals surface area contributed by atoms with Crippen molar-refractivity contribution in [2.45, 2.75) is 37.2 Å². The first kappa shape index (κ1) is 29.6. The number of anilines is 1. The summed E-state index contributed by atoms with van der Waals surface area (Å²) in [5, 5.41) is 3.22. The van der Waals surface area contributed by atoms with Crippen LogP contribution in [0, 0.1) is 6.92 Å². The van der Waals surface area contributed by atoms with Crippen molar-refractivity contribution in [2.24, 2.45) is 0 Å². The number of carbonyl (C=O) groups is 1. The van der Waals surface area contributed by atoms with Gasteiger partial charge in [0.2, 0.25) is 16.0 Å². The molecular weight excluding hydrogens is 546 g/mol. The molecule has 3 aromatic rings. The third-order valence-corrected chi connectivity index (χ3v) is 7.38. The minimum absolute atomic E-state index is 0.0273. The van der Waals surface area contributed by atoms with E-state index >= 15 is 0 Å². The lowest BCUT2D eigenvalue weighted by Crippen LogP contribution is -2.50.